The van der Waals surface area contributed by atoms with Crippen molar-refractivity contribution in [3.8, 4) is 0 Å². The molecule has 2 aliphatic carbocycles. The first-order valence-corrected chi connectivity index (χ1v) is 6.83. The minimum atomic E-state index is -0.163. The van der Waals surface area contributed by atoms with Crippen molar-refractivity contribution in [3.05, 3.63) is 46.5 Å². The van der Waals surface area contributed by atoms with Crippen LogP contribution in [-0.2, 0) is 0 Å². The second-order valence-corrected chi connectivity index (χ2v) is 5.52. The topological polar surface area (TPSA) is 41.5 Å². The Hall–Kier alpha value is -1.42. The van der Waals surface area contributed by atoms with E-state index in [1.807, 2.05) is 18.2 Å². The molecule has 0 aliphatic heterocycles. The summed E-state index contributed by atoms with van der Waals surface area (Å²) in [6, 6.07) is 7.35. The third-order valence-electron chi connectivity index (χ3n) is 3.58. The Morgan fingerprint density at radius 3 is 3.00 bits per heavy atom. The van der Waals surface area contributed by atoms with Gasteiger partial charge in [-0.3, -0.25) is 4.79 Å². The number of halogens is 1. The molecule has 1 fully saturated rings. The van der Waals surface area contributed by atoms with Gasteiger partial charge in [0.05, 0.1) is 5.56 Å². The van der Waals surface area contributed by atoms with Crippen LogP contribution in [0.4, 0.5) is 0 Å². The Morgan fingerprint density at radius 2 is 2.22 bits per heavy atom. The van der Waals surface area contributed by atoms with Gasteiger partial charge in [-0.15, -0.1) is 0 Å². The van der Waals surface area contributed by atoms with Crippen LogP contribution in [0.15, 0.2) is 46.0 Å². The lowest BCUT2D eigenvalue weighted by Crippen LogP contribution is -2.35. The maximum Gasteiger partial charge on any atom is 0.272 e. The fourth-order valence-electron chi connectivity index (χ4n) is 2.49. The van der Waals surface area contributed by atoms with Gasteiger partial charge in [0, 0.05) is 16.1 Å². The SMILES string of the molecule is O=C(N/N=C1/CC2C=CCC12)c1ccccc1Br. The zero-order valence-electron chi connectivity index (χ0n) is 9.77. The van der Waals surface area contributed by atoms with Crippen molar-refractivity contribution < 1.29 is 4.79 Å². The van der Waals surface area contributed by atoms with Crippen molar-refractivity contribution in [2.75, 3.05) is 0 Å². The Balaban J connectivity index is 1.66. The van der Waals surface area contributed by atoms with E-state index in [1.54, 1.807) is 6.07 Å². The second-order valence-electron chi connectivity index (χ2n) is 4.66. The number of carbonyl (C=O) groups excluding carboxylic acids is 1. The fraction of sp³-hybridized carbons (Fsp3) is 0.286. The largest absolute Gasteiger partial charge is 0.272 e. The van der Waals surface area contributed by atoms with Crippen LogP contribution in [-0.4, -0.2) is 11.6 Å². The number of amides is 1. The summed E-state index contributed by atoms with van der Waals surface area (Å²) in [7, 11) is 0. The molecule has 1 N–H and O–H groups in total. The molecule has 3 nitrogen and oxygen atoms in total. The number of hydrogen-bond donors (Lipinski definition) is 1. The molecule has 0 saturated heterocycles. The summed E-state index contributed by atoms with van der Waals surface area (Å²) in [5.41, 5.74) is 4.37. The molecule has 1 amide bonds. The number of hydrazone groups is 1. The highest BCUT2D eigenvalue weighted by Gasteiger charge is 2.38. The number of nitrogens with zero attached hydrogens (tertiary/aromatic N) is 1. The zero-order valence-corrected chi connectivity index (χ0v) is 11.4. The summed E-state index contributed by atoms with van der Waals surface area (Å²) in [5.74, 6) is 1.03. The lowest BCUT2D eigenvalue weighted by molar-refractivity contribution is 0.0953. The normalized spacial score (nSPS) is 26.8. The average molecular weight is 305 g/mol. The van der Waals surface area contributed by atoms with E-state index in [-0.39, 0.29) is 5.91 Å². The summed E-state index contributed by atoms with van der Waals surface area (Å²) in [6.07, 6.45) is 6.50. The Morgan fingerprint density at radius 1 is 1.39 bits per heavy atom. The van der Waals surface area contributed by atoms with Gasteiger partial charge in [-0.05, 0) is 46.8 Å². The second kappa shape index (κ2) is 4.69. The van der Waals surface area contributed by atoms with Gasteiger partial charge in [-0.1, -0.05) is 24.3 Å². The third-order valence-corrected chi connectivity index (χ3v) is 4.27. The molecule has 0 radical (unpaired) electrons. The van der Waals surface area contributed by atoms with Crippen molar-refractivity contribution >= 4 is 27.5 Å². The maximum atomic E-state index is 11.9. The summed E-state index contributed by atoms with van der Waals surface area (Å²) in [5, 5.41) is 4.25. The molecule has 18 heavy (non-hydrogen) atoms. The molecule has 3 rings (SSSR count). The number of hydrogen-bond acceptors (Lipinski definition) is 2. The number of carbonyl (C=O) groups is 1. The van der Waals surface area contributed by atoms with E-state index >= 15 is 0 Å². The first kappa shape index (κ1) is 11.7. The number of allylic oxidation sites excluding steroid dienone is 2. The molecule has 0 bridgehead atoms. The smallest absolute Gasteiger partial charge is 0.267 e. The van der Waals surface area contributed by atoms with Crippen LogP contribution in [0, 0.1) is 11.8 Å². The number of benzene rings is 1. The van der Waals surface area contributed by atoms with Gasteiger partial charge >= 0.3 is 0 Å². The standard InChI is InChI=1S/C14H13BrN2O/c15-12-7-2-1-5-11(12)14(18)17-16-13-8-9-4-3-6-10(9)13/h1-5,7,9-10H,6,8H2,(H,17,18)/b16-13-. The molecule has 4 heteroatoms. The van der Waals surface area contributed by atoms with E-state index in [9.17, 15) is 4.79 Å². The lowest BCUT2D eigenvalue weighted by Gasteiger charge is -2.31. The fourth-order valence-corrected chi connectivity index (χ4v) is 2.96. The molecule has 1 aromatic carbocycles. The molecular formula is C14H13BrN2O. The lowest BCUT2D eigenvalue weighted by atomic mass is 9.74. The van der Waals surface area contributed by atoms with Crippen molar-refractivity contribution in [2.24, 2.45) is 16.9 Å². The monoisotopic (exact) mass is 304 g/mol. The molecule has 2 unspecified atom stereocenters. The first-order valence-electron chi connectivity index (χ1n) is 6.03. The van der Waals surface area contributed by atoms with Gasteiger partial charge < -0.3 is 0 Å². The molecule has 1 saturated carbocycles. The van der Waals surface area contributed by atoms with Gasteiger partial charge in [0.15, 0.2) is 0 Å². The predicted molar refractivity (Wildman–Crippen MR) is 74.4 cm³/mol. The molecule has 0 spiro atoms. The number of fused-ring (bicyclic) bond motifs is 1. The Bertz CT molecular complexity index is 550. The van der Waals surface area contributed by atoms with Gasteiger partial charge in [0.2, 0.25) is 0 Å². The first-order chi connectivity index (χ1) is 8.75. The van der Waals surface area contributed by atoms with E-state index in [1.165, 1.54) is 0 Å². The van der Waals surface area contributed by atoms with Crippen LogP contribution in [0.25, 0.3) is 0 Å². The number of rotatable bonds is 2. The van der Waals surface area contributed by atoms with Crippen LogP contribution in [0.1, 0.15) is 23.2 Å². The molecule has 1 aromatic rings. The molecular weight excluding hydrogens is 292 g/mol. The van der Waals surface area contributed by atoms with Crippen LogP contribution >= 0.6 is 15.9 Å². The van der Waals surface area contributed by atoms with Crippen molar-refractivity contribution in [3.63, 3.8) is 0 Å². The Labute approximate surface area is 114 Å². The van der Waals surface area contributed by atoms with Gasteiger partial charge in [0.25, 0.3) is 5.91 Å². The van der Waals surface area contributed by atoms with Crippen LogP contribution in [0.3, 0.4) is 0 Å². The van der Waals surface area contributed by atoms with Crippen molar-refractivity contribution in [2.45, 2.75) is 12.8 Å². The molecule has 0 aromatic heterocycles. The van der Waals surface area contributed by atoms with Crippen molar-refractivity contribution in [1.29, 1.82) is 0 Å². The van der Waals surface area contributed by atoms with Crippen LogP contribution < -0.4 is 5.43 Å². The van der Waals surface area contributed by atoms with E-state index in [0.29, 0.717) is 17.4 Å². The average Bonchev–Trinajstić information content (AvgIpc) is 2.71. The quantitative estimate of drug-likeness (QED) is 0.662. The van der Waals surface area contributed by atoms with Gasteiger partial charge in [0.1, 0.15) is 0 Å². The van der Waals surface area contributed by atoms with E-state index in [4.69, 9.17) is 0 Å². The van der Waals surface area contributed by atoms with E-state index in [0.717, 1.165) is 23.0 Å². The number of nitrogens with one attached hydrogen (secondary N) is 1. The van der Waals surface area contributed by atoms with Gasteiger partial charge in [-0.2, -0.15) is 5.10 Å². The van der Waals surface area contributed by atoms with Crippen LogP contribution in [0.2, 0.25) is 0 Å². The predicted octanol–water partition coefficient (Wildman–Crippen LogP) is 3.13. The summed E-state index contributed by atoms with van der Waals surface area (Å²) >= 11 is 3.36. The summed E-state index contributed by atoms with van der Waals surface area (Å²) in [4.78, 5) is 11.9. The zero-order chi connectivity index (χ0) is 12.5. The van der Waals surface area contributed by atoms with Crippen LogP contribution in [0.5, 0.6) is 0 Å². The third kappa shape index (κ3) is 2.01. The Kier molecular flexibility index (Phi) is 3.04. The van der Waals surface area contributed by atoms with E-state index in [2.05, 4.69) is 38.6 Å². The minimum absolute atomic E-state index is 0.163. The maximum absolute atomic E-state index is 11.9. The van der Waals surface area contributed by atoms with E-state index < -0.39 is 0 Å². The highest BCUT2D eigenvalue weighted by molar-refractivity contribution is 9.10. The summed E-state index contributed by atoms with van der Waals surface area (Å²) < 4.78 is 0.789. The molecule has 92 valence electrons. The minimum Gasteiger partial charge on any atom is -0.267 e. The van der Waals surface area contributed by atoms with Crippen molar-refractivity contribution in [1.82, 2.24) is 5.43 Å². The molecule has 0 heterocycles. The highest BCUT2D eigenvalue weighted by atomic mass is 79.9. The highest BCUT2D eigenvalue weighted by Crippen LogP contribution is 2.40. The molecule has 2 atom stereocenters. The molecule has 2 aliphatic rings. The van der Waals surface area contributed by atoms with Gasteiger partial charge in [-0.25, -0.2) is 5.43 Å². The summed E-state index contributed by atoms with van der Waals surface area (Å²) in [6.45, 7) is 0.